The third-order valence-corrected chi connectivity index (χ3v) is 7.45. The summed E-state index contributed by atoms with van der Waals surface area (Å²) in [6.45, 7) is 0. The van der Waals surface area contributed by atoms with E-state index in [1.165, 1.54) is 18.2 Å². The minimum Gasteiger partial charge on any atom is -0.507 e. The Labute approximate surface area is 244 Å². The molecule has 0 fully saturated rings. The fourth-order valence-electron chi connectivity index (χ4n) is 3.73. The summed E-state index contributed by atoms with van der Waals surface area (Å²) in [5, 5.41) is 66.5. The third kappa shape index (κ3) is 6.19. The average molecular weight is 649 g/mol. The Kier molecular flexibility index (Phi) is 7.89. The summed E-state index contributed by atoms with van der Waals surface area (Å²) >= 11 is 0. The fraction of sp³-hybridized carbons (Fsp3) is 0. The number of phenols is 3. The highest BCUT2D eigenvalue weighted by atomic mass is 32.2. The predicted octanol–water partition coefficient (Wildman–Crippen LogP) is 4.47. The van der Waals surface area contributed by atoms with Crippen molar-refractivity contribution in [3.63, 3.8) is 0 Å². The largest absolute Gasteiger partial charge is 0.507 e. The van der Waals surface area contributed by atoms with Crippen LogP contribution in [-0.2, 0) is 20.2 Å². The minimum absolute atomic E-state index is 0.00605. The van der Waals surface area contributed by atoms with Gasteiger partial charge in [-0.25, -0.2) is 4.79 Å². The molecule has 0 aliphatic heterocycles. The molecule has 44 heavy (non-hydrogen) atoms. The SMILES string of the molecule is Nc1ccc2c(O)cc(N=Nc3cc([N+](=O)[O-])cc(S(=O)(=O)O)c3O)cc2c1N=Nc1cc(S(=O)(=O)O)cc(C(=O)O)c1O. The van der Waals surface area contributed by atoms with Crippen LogP contribution in [0.5, 0.6) is 17.2 Å². The summed E-state index contributed by atoms with van der Waals surface area (Å²) in [6, 6.07) is 7.05. The van der Waals surface area contributed by atoms with Crippen LogP contribution < -0.4 is 5.73 Å². The molecule has 4 aromatic rings. The first-order valence-corrected chi connectivity index (χ1v) is 14.2. The van der Waals surface area contributed by atoms with Gasteiger partial charge >= 0.3 is 5.97 Å². The molecule has 19 nitrogen and oxygen atoms in total. The van der Waals surface area contributed by atoms with Crippen LogP contribution in [0.15, 0.2) is 78.8 Å². The molecule has 0 aliphatic rings. The van der Waals surface area contributed by atoms with Crippen molar-refractivity contribution in [2.24, 2.45) is 20.5 Å². The Morgan fingerprint density at radius 1 is 0.795 bits per heavy atom. The predicted molar refractivity (Wildman–Crippen MR) is 148 cm³/mol. The number of nitrogens with two attached hydrogens (primary N) is 1. The minimum atomic E-state index is -5.12. The second-order valence-electron chi connectivity index (χ2n) is 8.63. The first-order chi connectivity index (χ1) is 20.4. The van der Waals surface area contributed by atoms with E-state index in [1.54, 1.807) is 0 Å². The molecule has 0 bridgehead atoms. The molecule has 0 aliphatic carbocycles. The summed E-state index contributed by atoms with van der Waals surface area (Å²) in [6.07, 6.45) is 0. The number of aromatic hydroxyl groups is 3. The molecule has 0 atom stereocenters. The number of hydrogen-bond acceptors (Lipinski definition) is 15. The number of anilines is 1. The van der Waals surface area contributed by atoms with Gasteiger partial charge in [0.2, 0.25) is 0 Å². The average Bonchev–Trinajstić information content (AvgIpc) is 2.91. The molecule has 8 N–H and O–H groups in total. The van der Waals surface area contributed by atoms with Gasteiger partial charge in [0.1, 0.15) is 33.3 Å². The van der Waals surface area contributed by atoms with Gasteiger partial charge in [-0.3, -0.25) is 19.2 Å². The number of nitrogens with zero attached hydrogens (tertiary/aromatic N) is 5. The Balaban J connectivity index is 1.88. The third-order valence-electron chi connectivity index (χ3n) is 5.75. The van der Waals surface area contributed by atoms with Gasteiger partial charge in [-0.15, -0.1) is 15.3 Å². The molecule has 0 heterocycles. The smallest absolute Gasteiger partial charge is 0.339 e. The lowest BCUT2D eigenvalue weighted by molar-refractivity contribution is -0.385. The Bertz CT molecular complexity index is 2180. The molecular formula is C23H16N6O13S2. The van der Waals surface area contributed by atoms with E-state index in [-0.39, 0.29) is 27.8 Å². The summed E-state index contributed by atoms with van der Waals surface area (Å²) < 4.78 is 65.0. The fourth-order valence-corrected chi connectivity index (χ4v) is 4.87. The van der Waals surface area contributed by atoms with Crippen molar-refractivity contribution in [1.29, 1.82) is 0 Å². The molecule has 21 heteroatoms. The standard InChI is InChI=1S/C23H16N6O13S2/c24-15-2-1-12-13(20(15)28-27-17-8-11(43(37,38)39)7-14(21(17)31)23(33)34)3-9(4-18(12)30)25-26-16-5-10(29(35)36)6-19(22(16)32)44(40,41)42/h1-8,30-32H,24H2,(H,33,34)(H,37,38,39)(H,40,41,42). The highest BCUT2D eigenvalue weighted by molar-refractivity contribution is 7.86. The van der Waals surface area contributed by atoms with Gasteiger partial charge in [0.25, 0.3) is 25.9 Å². The number of nitro benzene ring substituents is 1. The quantitative estimate of drug-likeness (QED) is 0.0455. The first kappa shape index (κ1) is 31.2. The van der Waals surface area contributed by atoms with Gasteiger partial charge in [-0.2, -0.15) is 21.9 Å². The number of aromatic carboxylic acids is 1. The second kappa shape index (κ2) is 11.1. The number of nitro groups is 1. The number of carbonyl (C=O) groups is 1. The lowest BCUT2D eigenvalue weighted by Crippen LogP contribution is -2.03. The van der Waals surface area contributed by atoms with E-state index in [1.807, 2.05) is 0 Å². The molecule has 4 aromatic carbocycles. The van der Waals surface area contributed by atoms with Crippen LogP contribution in [0.2, 0.25) is 0 Å². The van der Waals surface area contributed by atoms with Crippen molar-refractivity contribution in [2.45, 2.75) is 9.79 Å². The van der Waals surface area contributed by atoms with E-state index in [4.69, 9.17) is 5.73 Å². The van der Waals surface area contributed by atoms with Crippen LogP contribution in [-0.4, -0.2) is 57.3 Å². The number of carboxylic acids is 1. The molecule has 0 unspecified atom stereocenters. The van der Waals surface area contributed by atoms with Crippen molar-refractivity contribution in [3.8, 4) is 17.2 Å². The lowest BCUT2D eigenvalue weighted by atomic mass is 10.1. The highest BCUT2D eigenvalue weighted by Gasteiger charge is 2.25. The number of non-ortho nitro benzene ring substituents is 1. The first-order valence-electron chi connectivity index (χ1n) is 11.3. The molecular weight excluding hydrogens is 632 g/mol. The molecule has 0 radical (unpaired) electrons. The van der Waals surface area contributed by atoms with Crippen LogP contribution in [0.1, 0.15) is 10.4 Å². The summed E-state index contributed by atoms with van der Waals surface area (Å²) in [7, 11) is -10.1. The molecule has 0 aromatic heterocycles. The van der Waals surface area contributed by atoms with Crippen LogP contribution in [0.4, 0.5) is 34.1 Å². The van der Waals surface area contributed by atoms with Gasteiger partial charge in [0.15, 0.2) is 11.5 Å². The zero-order chi connectivity index (χ0) is 32.7. The summed E-state index contributed by atoms with van der Waals surface area (Å²) in [5.74, 6) is -4.39. The van der Waals surface area contributed by atoms with Gasteiger partial charge in [0, 0.05) is 29.0 Å². The molecule has 4 rings (SSSR count). The van der Waals surface area contributed by atoms with Crippen molar-refractivity contribution in [2.75, 3.05) is 5.73 Å². The summed E-state index contributed by atoms with van der Waals surface area (Å²) in [4.78, 5) is 19.5. The molecule has 228 valence electrons. The Morgan fingerprint density at radius 3 is 2.02 bits per heavy atom. The van der Waals surface area contributed by atoms with Gasteiger partial charge in [0.05, 0.1) is 21.2 Å². The van der Waals surface area contributed by atoms with E-state index in [0.717, 1.165) is 6.07 Å². The normalized spacial score (nSPS) is 12.3. The van der Waals surface area contributed by atoms with Crippen molar-refractivity contribution >= 4 is 71.1 Å². The van der Waals surface area contributed by atoms with E-state index >= 15 is 0 Å². The van der Waals surface area contributed by atoms with Crippen molar-refractivity contribution < 1.29 is 56.1 Å². The van der Waals surface area contributed by atoms with Gasteiger partial charge < -0.3 is 26.2 Å². The number of benzene rings is 4. The van der Waals surface area contributed by atoms with E-state index in [0.29, 0.717) is 24.3 Å². The maximum absolute atomic E-state index is 11.6. The number of rotatable bonds is 8. The van der Waals surface area contributed by atoms with Gasteiger partial charge in [-0.1, -0.05) is 0 Å². The number of azo groups is 2. The maximum atomic E-state index is 11.6. The summed E-state index contributed by atoms with van der Waals surface area (Å²) in [5.41, 5.74) is 2.19. The van der Waals surface area contributed by atoms with Crippen molar-refractivity contribution in [1.82, 2.24) is 0 Å². The zero-order valence-corrected chi connectivity index (χ0v) is 22.9. The zero-order valence-electron chi connectivity index (χ0n) is 21.3. The number of nitrogen functional groups attached to an aromatic ring is 1. The van der Waals surface area contributed by atoms with Crippen LogP contribution in [0.3, 0.4) is 0 Å². The Morgan fingerprint density at radius 2 is 1.43 bits per heavy atom. The van der Waals surface area contributed by atoms with Crippen molar-refractivity contribution in [3.05, 3.63) is 64.2 Å². The van der Waals surface area contributed by atoms with Crippen LogP contribution in [0, 0.1) is 10.1 Å². The Hall–Kier alpha value is -5.77. The monoisotopic (exact) mass is 648 g/mol. The molecule has 0 amide bonds. The van der Waals surface area contributed by atoms with E-state index in [2.05, 4.69) is 20.5 Å². The van der Waals surface area contributed by atoms with Crippen LogP contribution in [0.25, 0.3) is 10.8 Å². The second-order valence-corrected chi connectivity index (χ2v) is 11.4. The topological polar surface area (TPSA) is 325 Å². The number of hydrogen-bond donors (Lipinski definition) is 7. The van der Waals surface area contributed by atoms with E-state index in [9.17, 15) is 61.3 Å². The van der Waals surface area contributed by atoms with Gasteiger partial charge in [-0.05, 0) is 30.3 Å². The highest BCUT2D eigenvalue weighted by Crippen LogP contribution is 2.43. The number of carboxylic acid groups (broad SMARTS) is 1. The van der Waals surface area contributed by atoms with E-state index < -0.39 is 80.8 Å². The number of phenolic OH excluding ortho intramolecular Hbond substituents is 2. The molecule has 0 saturated carbocycles. The molecule has 0 spiro atoms. The molecule has 0 saturated heterocycles. The lowest BCUT2D eigenvalue weighted by Gasteiger charge is -2.09. The number of fused-ring (bicyclic) bond motifs is 1. The van der Waals surface area contributed by atoms with Crippen LogP contribution >= 0.6 is 0 Å². The maximum Gasteiger partial charge on any atom is 0.339 e.